The zero-order valence-corrected chi connectivity index (χ0v) is 9.90. The third-order valence-electron chi connectivity index (χ3n) is 2.95. The number of hydrogen-bond acceptors (Lipinski definition) is 5. The van der Waals surface area contributed by atoms with Crippen molar-refractivity contribution in [3.8, 4) is 0 Å². The standard InChI is InChI=1S/C11H19N5/c1-8-4-3-5-16(7-8)11-6-10(15-12)13-9(2)14-11/h6,8H,3-5,7,12H2,1-2H3,(H,13,14,15). The maximum absolute atomic E-state index is 5.39. The van der Waals surface area contributed by atoms with Crippen molar-refractivity contribution >= 4 is 11.6 Å². The van der Waals surface area contributed by atoms with Crippen molar-refractivity contribution in [1.29, 1.82) is 0 Å². The second kappa shape index (κ2) is 4.65. The number of nitrogens with zero attached hydrogens (tertiary/aromatic N) is 3. The summed E-state index contributed by atoms with van der Waals surface area (Å²) in [5.74, 6) is 8.53. The highest BCUT2D eigenvalue weighted by molar-refractivity contribution is 5.49. The molecule has 1 unspecified atom stereocenters. The summed E-state index contributed by atoms with van der Waals surface area (Å²) in [7, 11) is 0. The van der Waals surface area contributed by atoms with E-state index in [0.29, 0.717) is 5.82 Å². The Kier molecular flexibility index (Phi) is 3.24. The molecule has 16 heavy (non-hydrogen) atoms. The summed E-state index contributed by atoms with van der Waals surface area (Å²) in [6, 6.07) is 1.91. The summed E-state index contributed by atoms with van der Waals surface area (Å²) in [5, 5.41) is 0. The number of hydrogen-bond donors (Lipinski definition) is 2. The Labute approximate surface area is 96.0 Å². The largest absolute Gasteiger partial charge is 0.356 e. The van der Waals surface area contributed by atoms with Crippen LogP contribution in [-0.2, 0) is 0 Å². The summed E-state index contributed by atoms with van der Waals surface area (Å²) in [5.41, 5.74) is 2.58. The Balaban J connectivity index is 2.21. The number of anilines is 2. The van der Waals surface area contributed by atoms with E-state index < -0.39 is 0 Å². The zero-order chi connectivity index (χ0) is 11.5. The van der Waals surface area contributed by atoms with Gasteiger partial charge in [-0.15, -0.1) is 0 Å². The molecule has 3 N–H and O–H groups in total. The first-order valence-corrected chi connectivity index (χ1v) is 5.76. The van der Waals surface area contributed by atoms with Crippen LogP contribution in [0.5, 0.6) is 0 Å². The van der Waals surface area contributed by atoms with Gasteiger partial charge in [0.1, 0.15) is 17.5 Å². The molecular formula is C11H19N5. The van der Waals surface area contributed by atoms with Gasteiger partial charge in [-0.05, 0) is 25.7 Å². The molecule has 1 aromatic heterocycles. The molecule has 1 aliphatic rings. The van der Waals surface area contributed by atoms with Gasteiger partial charge in [0.2, 0.25) is 0 Å². The number of rotatable bonds is 2. The maximum atomic E-state index is 5.39. The van der Waals surface area contributed by atoms with Gasteiger partial charge in [0.15, 0.2) is 0 Å². The molecule has 0 aliphatic carbocycles. The third-order valence-corrected chi connectivity index (χ3v) is 2.95. The van der Waals surface area contributed by atoms with Crippen molar-refractivity contribution in [2.75, 3.05) is 23.4 Å². The van der Waals surface area contributed by atoms with E-state index in [1.807, 2.05) is 13.0 Å². The molecular weight excluding hydrogens is 202 g/mol. The first-order chi connectivity index (χ1) is 7.69. The first-order valence-electron chi connectivity index (χ1n) is 5.76. The average molecular weight is 221 g/mol. The smallest absolute Gasteiger partial charge is 0.145 e. The molecule has 0 aromatic carbocycles. The van der Waals surface area contributed by atoms with E-state index in [1.165, 1.54) is 12.8 Å². The minimum Gasteiger partial charge on any atom is -0.356 e. The molecule has 1 fully saturated rings. The van der Waals surface area contributed by atoms with Crippen molar-refractivity contribution in [2.45, 2.75) is 26.7 Å². The van der Waals surface area contributed by atoms with Crippen LogP contribution in [-0.4, -0.2) is 23.1 Å². The van der Waals surface area contributed by atoms with Crippen molar-refractivity contribution in [3.63, 3.8) is 0 Å². The predicted octanol–water partition coefficient (Wildman–Crippen LogP) is 1.31. The highest BCUT2D eigenvalue weighted by atomic mass is 15.3. The summed E-state index contributed by atoms with van der Waals surface area (Å²) in [4.78, 5) is 11.0. The van der Waals surface area contributed by atoms with Gasteiger partial charge in [-0.25, -0.2) is 15.8 Å². The fourth-order valence-electron chi connectivity index (χ4n) is 2.19. The summed E-state index contributed by atoms with van der Waals surface area (Å²) in [6.45, 7) is 6.31. The van der Waals surface area contributed by atoms with Crippen molar-refractivity contribution in [2.24, 2.45) is 11.8 Å². The highest BCUT2D eigenvalue weighted by Gasteiger charge is 2.18. The summed E-state index contributed by atoms with van der Waals surface area (Å²) < 4.78 is 0. The lowest BCUT2D eigenvalue weighted by Crippen LogP contribution is -2.35. The number of piperidine rings is 1. The maximum Gasteiger partial charge on any atom is 0.145 e. The van der Waals surface area contributed by atoms with Gasteiger partial charge >= 0.3 is 0 Å². The molecule has 5 heteroatoms. The lowest BCUT2D eigenvalue weighted by molar-refractivity contribution is 0.444. The molecule has 0 radical (unpaired) electrons. The van der Waals surface area contributed by atoms with Crippen LogP contribution in [0.3, 0.4) is 0 Å². The molecule has 0 amide bonds. The van der Waals surface area contributed by atoms with E-state index in [0.717, 1.165) is 30.6 Å². The second-order valence-electron chi connectivity index (χ2n) is 4.50. The van der Waals surface area contributed by atoms with Gasteiger partial charge in [0.25, 0.3) is 0 Å². The van der Waals surface area contributed by atoms with Gasteiger partial charge in [0, 0.05) is 19.2 Å². The van der Waals surface area contributed by atoms with Gasteiger partial charge in [-0.1, -0.05) is 6.92 Å². The number of nitrogens with two attached hydrogens (primary N) is 1. The zero-order valence-electron chi connectivity index (χ0n) is 9.90. The Morgan fingerprint density at radius 1 is 1.50 bits per heavy atom. The van der Waals surface area contributed by atoms with Crippen LogP contribution in [0.1, 0.15) is 25.6 Å². The number of aromatic nitrogens is 2. The number of nitrogen functional groups attached to an aromatic ring is 1. The Hall–Kier alpha value is -1.36. The van der Waals surface area contributed by atoms with Crippen molar-refractivity contribution < 1.29 is 0 Å². The fourth-order valence-corrected chi connectivity index (χ4v) is 2.19. The summed E-state index contributed by atoms with van der Waals surface area (Å²) in [6.07, 6.45) is 2.54. The van der Waals surface area contributed by atoms with Crippen LogP contribution < -0.4 is 16.2 Å². The fraction of sp³-hybridized carbons (Fsp3) is 0.636. The van der Waals surface area contributed by atoms with Crippen LogP contribution >= 0.6 is 0 Å². The Morgan fingerprint density at radius 2 is 2.31 bits per heavy atom. The van der Waals surface area contributed by atoms with E-state index in [4.69, 9.17) is 5.84 Å². The van der Waals surface area contributed by atoms with Crippen molar-refractivity contribution in [3.05, 3.63) is 11.9 Å². The first kappa shape index (κ1) is 11.1. The average Bonchev–Trinajstić information content (AvgIpc) is 2.28. The molecule has 1 atom stereocenters. The second-order valence-corrected chi connectivity index (χ2v) is 4.50. The molecule has 0 bridgehead atoms. The molecule has 1 saturated heterocycles. The molecule has 1 aliphatic heterocycles. The lowest BCUT2D eigenvalue weighted by atomic mass is 10.0. The van der Waals surface area contributed by atoms with Crippen LogP contribution in [0, 0.1) is 12.8 Å². The normalized spacial score (nSPS) is 20.9. The minimum atomic E-state index is 0.681. The Bertz CT molecular complexity index is 365. The van der Waals surface area contributed by atoms with Crippen LogP contribution in [0.15, 0.2) is 6.07 Å². The van der Waals surface area contributed by atoms with Crippen molar-refractivity contribution in [1.82, 2.24) is 9.97 Å². The monoisotopic (exact) mass is 221 g/mol. The third kappa shape index (κ3) is 2.41. The quantitative estimate of drug-likeness (QED) is 0.582. The van der Waals surface area contributed by atoms with E-state index in [9.17, 15) is 0 Å². The van der Waals surface area contributed by atoms with E-state index in [-0.39, 0.29) is 0 Å². The molecule has 2 heterocycles. The molecule has 88 valence electrons. The van der Waals surface area contributed by atoms with Crippen LogP contribution in [0.25, 0.3) is 0 Å². The Morgan fingerprint density at radius 3 is 3.00 bits per heavy atom. The number of nitrogens with one attached hydrogen (secondary N) is 1. The molecule has 0 spiro atoms. The number of hydrazine groups is 1. The topological polar surface area (TPSA) is 67.1 Å². The van der Waals surface area contributed by atoms with Gasteiger partial charge in [-0.3, -0.25) is 0 Å². The number of aryl methyl sites for hydroxylation is 1. The molecule has 2 rings (SSSR count). The predicted molar refractivity (Wildman–Crippen MR) is 65.2 cm³/mol. The summed E-state index contributed by atoms with van der Waals surface area (Å²) >= 11 is 0. The van der Waals surface area contributed by atoms with Gasteiger partial charge < -0.3 is 10.3 Å². The van der Waals surface area contributed by atoms with Crippen LogP contribution in [0.4, 0.5) is 11.6 Å². The van der Waals surface area contributed by atoms with Crippen LogP contribution in [0.2, 0.25) is 0 Å². The lowest BCUT2D eigenvalue weighted by Gasteiger charge is -2.32. The minimum absolute atomic E-state index is 0.681. The SMILES string of the molecule is Cc1nc(NN)cc(N2CCCC(C)C2)n1. The molecule has 1 aromatic rings. The van der Waals surface area contributed by atoms with E-state index >= 15 is 0 Å². The van der Waals surface area contributed by atoms with E-state index in [2.05, 4.69) is 27.2 Å². The molecule has 0 saturated carbocycles. The van der Waals surface area contributed by atoms with Gasteiger partial charge in [-0.2, -0.15) is 0 Å². The highest BCUT2D eigenvalue weighted by Crippen LogP contribution is 2.22. The van der Waals surface area contributed by atoms with Gasteiger partial charge in [0.05, 0.1) is 0 Å². The van der Waals surface area contributed by atoms with E-state index in [1.54, 1.807) is 0 Å². The molecule has 5 nitrogen and oxygen atoms in total.